The van der Waals surface area contributed by atoms with Crippen LogP contribution in [0.5, 0.6) is 0 Å². The molecule has 16 aromatic rings. The minimum Gasteiger partial charge on any atom is -0.309 e. The van der Waals surface area contributed by atoms with E-state index in [2.05, 4.69) is 441 Å². The maximum absolute atomic E-state index is 2.60. The van der Waals surface area contributed by atoms with Gasteiger partial charge in [-0.3, -0.25) is 0 Å². The van der Waals surface area contributed by atoms with Gasteiger partial charge >= 0.3 is 0 Å². The maximum Gasteiger partial charge on any atom is 0.0618 e. The molecule has 16 rings (SSSR count). The van der Waals surface area contributed by atoms with Gasteiger partial charge in [0.05, 0.1) is 22.4 Å². The first kappa shape index (κ1) is 67.2. The van der Waals surface area contributed by atoms with Crippen molar-refractivity contribution >= 4 is 55.9 Å². The number of hydrogen-bond donors (Lipinski definition) is 0. The number of hydrogen-bond acceptors (Lipinski definition) is 2. The topological polar surface area (TPSA) is 11.4 Å². The monoisotopic (exact) mass is 1350 g/mol. The Hall–Kier alpha value is -12.3. The van der Waals surface area contributed by atoms with Crippen LogP contribution in [0.2, 0.25) is 0 Å². The molecule has 3 nitrogen and oxygen atoms in total. The van der Waals surface area contributed by atoms with E-state index < -0.39 is 0 Å². The van der Waals surface area contributed by atoms with Crippen LogP contribution in [0.4, 0.5) is 34.1 Å². The molecule has 3 heteroatoms. The fourth-order valence-electron chi connectivity index (χ4n) is 15.1. The summed E-state index contributed by atoms with van der Waals surface area (Å²) < 4.78 is 2.40. The van der Waals surface area contributed by atoms with Gasteiger partial charge in [-0.25, -0.2) is 0 Å². The van der Waals surface area contributed by atoms with Gasteiger partial charge in [-0.2, -0.15) is 0 Å². The molecule has 15 aromatic carbocycles. The molecule has 0 bridgehead atoms. The summed E-state index contributed by atoms with van der Waals surface area (Å²) in [7, 11) is 0. The molecule has 510 valence electrons. The van der Waals surface area contributed by atoms with Crippen LogP contribution in [0.15, 0.2) is 364 Å². The molecule has 0 spiro atoms. The predicted octanol–water partition coefficient (Wildman–Crippen LogP) is 29.0. The van der Waals surface area contributed by atoms with Gasteiger partial charge in [0.15, 0.2) is 0 Å². The van der Waals surface area contributed by atoms with Gasteiger partial charge in [0.25, 0.3) is 0 Å². The molecule has 0 fully saturated rings. The molecule has 0 atom stereocenters. The minimum atomic E-state index is -0.361. The van der Waals surface area contributed by atoms with Gasteiger partial charge in [-0.1, -0.05) is 329 Å². The summed E-state index contributed by atoms with van der Waals surface area (Å²) >= 11 is 0. The Kier molecular flexibility index (Phi) is 17.8. The first-order valence-corrected chi connectivity index (χ1v) is 36.9. The standard InChI is InChI=1S/C102H87N3/c1-100(2,3)82-57-79(58-83(66-82)101(4,5)6)77-48-34-52-87(60-77)104(99-93(74-43-25-14-26-44-74)64-81(71-37-19-11-20-38-71)65-94(99)75-45-27-15-28-46-75)89-68-84(102(7,8)9)67-88(69-89)103(98-91(72-39-21-12-22-40-72)62-80(70-35-17-10-18-36-70)63-92(98)73-41-23-13-24-42-73)86-51-33-47-76(59-86)78-55-56-97-95(61-78)90-53-31-32-54-96(90)105(97)85-49-29-16-30-50-85/h10-69H,1-9H3. The van der Waals surface area contributed by atoms with E-state index in [1.807, 2.05) is 0 Å². The number of anilines is 6. The number of nitrogens with zero attached hydrogens (tertiary/aromatic N) is 3. The molecule has 0 saturated carbocycles. The average Bonchev–Trinajstić information content (AvgIpc) is 1.69. The Bertz CT molecular complexity index is 5650. The Morgan fingerprint density at radius 1 is 0.200 bits per heavy atom. The lowest BCUT2D eigenvalue weighted by atomic mass is 9.79. The highest BCUT2D eigenvalue weighted by Crippen LogP contribution is 2.55. The molecular weight excluding hydrogens is 1270 g/mol. The summed E-state index contributed by atoms with van der Waals surface area (Å²) in [5.74, 6) is 0. The lowest BCUT2D eigenvalue weighted by Gasteiger charge is -2.36. The Morgan fingerprint density at radius 3 is 0.914 bits per heavy atom. The molecular formula is C102H87N3. The van der Waals surface area contributed by atoms with Crippen molar-refractivity contribution in [2.45, 2.75) is 78.6 Å². The van der Waals surface area contributed by atoms with Crippen LogP contribution < -0.4 is 9.80 Å². The summed E-state index contributed by atoms with van der Waals surface area (Å²) in [6.07, 6.45) is 0. The van der Waals surface area contributed by atoms with Crippen molar-refractivity contribution < 1.29 is 0 Å². The normalized spacial score (nSPS) is 11.9. The highest BCUT2D eigenvalue weighted by molar-refractivity contribution is 6.11. The summed E-state index contributed by atoms with van der Waals surface area (Å²) in [5, 5.41) is 2.41. The Balaban J connectivity index is 1.03. The van der Waals surface area contributed by atoms with Crippen LogP contribution >= 0.6 is 0 Å². The lowest BCUT2D eigenvalue weighted by molar-refractivity contribution is 0.569. The molecule has 1 aromatic heterocycles. The number of rotatable bonds is 15. The summed E-state index contributed by atoms with van der Waals surface area (Å²) in [6.45, 7) is 21.1. The van der Waals surface area contributed by atoms with Crippen LogP contribution in [0.1, 0.15) is 79.0 Å². The van der Waals surface area contributed by atoms with E-state index in [9.17, 15) is 0 Å². The Morgan fingerprint density at radius 2 is 0.514 bits per heavy atom. The largest absolute Gasteiger partial charge is 0.309 e. The second-order valence-corrected chi connectivity index (χ2v) is 31.0. The molecule has 0 unspecified atom stereocenters. The van der Waals surface area contributed by atoms with Crippen molar-refractivity contribution in [3.63, 3.8) is 0 Å². The van der Waals surface area contributed by atoms with E-state index in [0.29, 0.717) is 0 Å². The van der Waals surface area contributed by atoms with E-state index in [1.165, 1.54) is 38.5 Å². The van der Waals surface area contributed by atoms with E-state index in [1.54, 1.807) is 0 Å². The highest BCUT2D eigenvalue weighted by Gasteiger charge is 2.31. The van der Waals surface area contributed by atoms with Crippen LogP contribution in [0.25, 0.3) is 117 Å². The second-order valence-electron chi connectivity index (χ2n) is 31.0. The summed E-state index contributed by atoms with van der Waals surface area (Å²) in [4.78, 5) is 5.20. The van der Waals surface area contributed by atoms with Crippen molar-refractivity contribution in [3.05, 3.63) is 381 Å². The third-order valence-electron chi connectivity index (χ3n) is 20.7. The van der Waals surface area contributed by atoms with Gasteiger partial charge in [0.1, 0.15) is 0 Å². The molecule has 0 radical (unpaired) electrons. The molecule has 0 aliphatic rings. The smallest absolute Gasteiger partial charge is 0.0618 e. The fourth-order valence-corrected chi connectivity index (χ4v) is 15.1. The van der Waals surface area contributed by atoms with E-state index in [4.69, 9.17) is 0 Å². The molecule has 0 saturated heterocycles. The van der Waals surface area contributed by atoms with E-state index in [0.717, 1.165) is 129 Å². The lowest BCUT2D eigenvalue weighted by Crippen LogP contribution is -2.19. The van der Waals surface area contributed by atoms with Gasteiger partial charge in [-0.05, 0) is 197 Å². The summed E-state index contributed by atoms with van der Waals surface area (Å²) in [5.41, 5.74) is 30.9. The zero-order valence-electron chi connectivity index (χ0n) is 61.5. The fraction of sp³-hybridized carbons (Fsp3) is 0.118. The molecule has 0 N–H and O–H groups in total. The number of para-hydroxylation sites is 2. The maximum atomic E-state index is 2.60. The third kappa shape index (κ3) is 13.5. The van der Waals surface area contributed by atoms with Crippen LogP contribution in [0, 0.1) is 0 Å². The number of benzene rings is 15. The molecule has 105 heavy (non-hydrogen) atoms. The average molecular weight is 1350 g/mol. The van der Waals surface area contributed by atoms with Gasteiger partial charge in [-0.15, -0.1) is 0 Å². The van der Waals surface area contributed by atoms with Crippen LogP contribution in [-0.4, -0.2) is 4.57 Å². The molecule has 0 aliphatic carbocycles. The Labute approximate surface area is 620 Å². The number of aromatic nitrogens is 1. The zero-order chi connectivity index (χ0) is 72.0. The predicted molar refractivity (Wildman–Crippen MR) is 450 cm³/mol. The van der Waals surface area contributed by atoms with Crippen molar-refractivity contribution in [1.29, 1.82) is 0 Å². The minimum absolute atomic E-state index is 0.0923. The summed E-state index contributed by atoms with van der Waals surface area (Å²) in [6, 6.07) is 136. The SMILES string of the molecule is CC(C)(C)c1cc(N(c2cccc(-c3cc(C(C)(C)C)cc(C(C)(C)C)c3)c2)c2c(-c3ccccc3)cc(-c3ccccc3)cc2-c2ccccc2)cc(N(c2cccc(-c3ccc4c(c3)c3ccccc3n4-c3ccccc3)c2)c2c(-c3ccccc3)cc(-c3ccccc3)cc2-c2ccccc2)c1. The van der Waals surface area contributed by atoms with Crippen molar-refractivity contribution in [2.75, 3.05) is 9.80 Å². The molecule has 0 amide bonds. The van der Waals surface area contributed by atoms with Crippen molar-refractivity contribution in [2.24, 2.45) is 0 Å². The highest BCUT2D eigenvalue weighted by atomic mass is 15.2. The quantitative estimate of drug-likeness (QED) is 0.101. The first-order valence-electron chi connectivity index (χ1n) is 36.9. The van der Waals surface area contributed by atoms with Crippen molar-refractivity contribution in [3.8, 4) is 94.7 Å². The third-order valence-corrected chi connectivity index (χ3v) is 20.7. The van der Waals surface area contributed by atoms with E-state index >= 15 is 0 Å². The molecule has 1 heterocycles. The second kappa shape index (κ2) is 27.8. The van der Waals surface area contributed by atoms with Crippen LogP contribution in [-0.2, 0) is 16.2 Å². The van der Waals surface area contributed by atoms with E-state index in [-0.39, 0.29) is 16.2 Å². The zero-order valence-corrected chi connectivity index (χ0v) is 61.5. The van der Waals surface area contributed by atoms with Crippen molar-refractivity contribution in [1.82, 2.24) is 4.57 Å². The van der Waals surface area contributed by atoms with Gasteiger partial charge < -0.3 is 14.4 Å². The van der Waals surface area contributed by atoms with Gasteiger partial charge in [0.2, 0.25) is 0 Å². The van der Waals surface area contributed by atoms with Gasteiger partial charge in [0, 0.05) is 61.5 Å². The first-order chi connectivity index (χ1) is 51.0. The molecule has 0 aliphatic heterocycles. The van der Waals surface area contributed by atoms with Crippen LogP contribution in [0.3, 0.4) is 0 Å². The number of fused-ring (bicyclic) bond motifs is 3.